The second-order valence-electron chi connectivity index (χ2n) is 18.9. The molecule has 8 N–H and O–H groups in total. The molecule has 0 radical (unpaired) electrons. The molecule has 0 saturated carbocycles. The monoisotopic (exact) mass is 796 g/mol. The minimum absolute atomic E-state index is 0.292. The van der Waals surface area contributed by atoms with Crippen LogP contribution in [-0.4, -0.2) is 56.1 Å². The molecule has 8 bridgehead atoms. The summed E-state index contributed by atoms with van der Waals surface area (Å²) < 4.78 is 0. The van der Waals surface area contributed by atoms with Crippen molar-refractivity contribution in [3.63, 3.8) is 0 Å². The van der Waals surface area contributed by atoms with Gasteiger partial charge in [0.2, 0.25) is 0 Å². The average Bonchev–Trinajstić information content (AvgIpc) is 3.98. The molecule has 0 spiro atoms. The minimum Gasteiger partial charge on any atom is -0.357 e. The molecule has 60 heavy (non-hydrogen) atoms. The van der Waals surface area contributed by atoms with Gasteiger partial charge in [-0.15, -0.1) is 0 Å². The highest BCUT2D eigenvalue weighted by Gasteiger charge is 2.26. The number of rotatable bonds is 8. The maximum absolute atomic E-state index is 6.28. The van der Waals surface area contributed by atoms with Crippen LogP contribution < -0.4 is 32.9 Å². The fourth-order valence-electron chi connectivity index (χ4n) is 7.82. The molecule has 7 aromatic rings. The Morgan fingerprint density at radius 1 is 0.350 bits per heavy atom. The van der Waals surface area contributed by atoms with Crippen molar-refractivity contribution in [1.29, 1.82) is 0 Å². The Morgan fingerprint density at radius 3 is 0.967 bits per heavy atom. The predicted molar refractivity (Wildman–Crippen MR) is 242 cm³/mol. The van der Waals surface area contributed by atoms with E-state index in [1.807, 2.05) is 0 Å². The third-order valence-electron chi connectivity index (χ3n) is 12.9. The number of benzene rings is 4. The van der Waals surface area contributed by atoms with Gasteiger partial charge in [0.1, 0.15) is 0 Å². The number of fused-ring (bicyclic) bond motifs is 20. The number of aromatic nitrogens is 8. The van der Waals surface area contributed by atoms with Gasteiger partial charge in [0, 0.05) is 92.7 Å². The summed E-state index contributed by atoms with van der Waals surface area (Å²) >= 11 is 0. The van der Waals surface area contributed by atoms with Gasteiger partial charge in [-0.05, 0) is 68.1 Å². The molecule has 0 aliphatic carbocycles. The fourth-order valence-corrected chi connectivity index (χ4v) is 7.82. The SMILES string of the molecule is CC(C)(CN)c1ccc2c(c1)-c1nc-2nc2[n-]c(nc3nc(nc4[n-]c(n1)c1ccc(C(C)(C)CN)cc41)-c1ccc(C(C)(C)CN)cc1-3)c1ccc(C(C)(C)CN)cc21. The lowest BCUT2D eigenvalue weighted by molar-refractivity contribution is 0.539. The topological polar surface area (TPSA) is 210 Å². The first-order chi connectivity index (χ1) is 28.5. The molecule has 0 atom stereocenters. The lowest BCUT2D eigenvalue weighted by atomic mass is 9.83. The van der Waals surface area contributed by atoms with E-state index < -0.39 is 0 Å². The zero-order valence-corrected chi connectivity index (χ0v) is 35.6. The molecule has 0 fully saturated rings. The largest absolute Gasteiger partial charge is 0.357 e. The van der Waals surface area contributed by atoms with E-state index in [1.165, 1.54) is 0 Å². The lowest BCUT2D eigenvalue weighted by Crippen LogP contribution is -2.28. The maximum atomic E-state index is 6.28. The molecule has 0 unspecified atom stereocenters. The second-order valence-corrected chi connectivity index (χ2v) is 18.9. The zero-order valence-electron chi connectivity index (χ0n) is 35.6. The average molecular weight is 797 g/mol. The van der Waals surface area contributed by atoms with E-state index in [1.54, 1.807) is 0 Å². The van der Waals surface area contributed by atoms with Crippen molar-refractivity contribution in [2.75, 3.05) is 26.2 Å². The predicted octanol–water partition coefficient (Wildman–Crippen LogP) is 7.07. The third-order valence-corrected chi connectivity index (χ3v) is 12.9. The summed E-state index contributed by atoms with van der Waals surface area (Å²) in [4.78, 5) is 41.5. The Balaban J connectivity index is 1.45. The highest BCUT2D eigenvalue weighted by molar-refractivity contribution is 6.06. The first-order valence-electron chi connectivity index (χ1n) is 20.6. The van der Waals surface area contributed by atoms with E-state index in [2.05, 4.69) is 128 Å². The lowest BCUT2D eigenvalue weighted by Gasteiger charge is -2.24. The van der Waals surface area contributed by atoms with Crippen LogP contribution in [0, 0.1) is 0 Å². The summed E-state index contributed by atoms with van der Waals surface area (Å²) in [6.07, 6.45) is 0. The van der Waals surface area contributed by atoms with Crippen molar-refractivity contribution >= 4 is 44.1 Å². The molecule has 5 heterocycles. The van der Waals surface area contributed by atoms with E-state index >= 15 is 0 Å². The maximum Gasteiger partial charge on any atom is 0.0927 e. The van der Waals surface area contributed by atoms with E-state index in [4.69, 9.17) is 62.8 Å². The summed E-state index contributed by atoms with van der Waals surface area (Å²) in [5.41, 5.74) is 33.5. The summed E-state index contributed by atoms with van der Waals surface area (Å²) in [6.45, 7) is 18.9. The van der Waals surface area contributed by atoms with Crippen LogP contribution in [-0.2, 0) is 21.7 Å². The van der Waals surface area contributed by atoms with E-state index in [0.717, 1.165) is 66.1 Å². The molecule has 9 rings (SSSR count). The van der Waals surface area contributed by atoms with Crippen LogP contribution in [0.2, 0.25) is 0 Å². The van der Waals surface area contributed by atoms with Crippen LogP contribution in [0.15, 0.2) is 72.8 Å². The van der Waals surface area contributed by atoms with Gasteiger partial charge < -0.3 is 52.8 Å². The summed E-state index contributed by atoms with van der Waals surface area (Å²) in [6, 6.07) is 25.1. The number of hydrogen-bond acceptors (Lipinski definition) is 10. The smallest absolute Gasteiger partial charge is 0.0927 e. The Hall–Kier alpha value is -5.92. The van der Waals surface area contributed by atoms with Gasteiger partial charge in [-0.2, -0.15) is 0 Å². The highest BCUT2D eigenvalue weighted by atomic mass is 15.1. The van der Waals surface area contributed by atoms with Crippen molar-refractivity contribution in [1.82, 2.24) is 39.9 Å². The van der Waals surface area contributed by atoms with Gasteiger partial charge in [-0.1, -0.05) is 104 Å². The molecule has 0 amide bonds. The molecule has 2 aliphatic rings. The molecular weight excluding hydrogens is 745 g/mol. The van der Waals surface area contributed by atoms with E-state index in [0.29, 0.717) is 72.1 Å². The minimum atomic E-state index is -0.292. The summed E-state index contributed by atoms with van der Waals surface area (Å²) in [5, 5.41) is 3.34. The zero-order chi connectivity index (χ0) is 42.5. The van der Waals surface area contributed by atoms with Gasteiger partial charge in [0.05, 0.1) is 23.3 Å². The van der Waals surface area contributed by atoms with Crippen LogP contribution in [0.4, 0.5) is 0 Å². The molecule has 0 saturated heterocycles. The Morgan fingerprint density at radius 2 is 0.633 bits per heavy atom. The van der Waals surface area contributed by atoms with Gasteiger partial charge in [-0.3, -0.25) is 0 Å². The molecule has 12 nitrogen and oxygen atoms in total. The molecular formula is C48H52N12-2. The standard InChI is InChI=1S/C48H52N12/c1-45(2,21-49)25-9-13-29-33(17-25)41-53-37(29)58-42-35-19-27(47(5,6)23-51)11-15-31(35)39(55-42)60-44-36-20-28(48(7,8)24-52)12-16-32(36)40(56-44)59-43-34-18-26(46(3,4)22-50)10-14-30(34)38(54-43)57-41/h9-20H,21-24,49-52H2,1-8H3/q-2. The first-order valence-corrected chi connectivity index (χ1v) is 20.6. The number of nitrogens with zero attached hydrogens (tertiary/aromatic N) is 8. The highest BCUT2D eigenvalue weighted by Crippen LogP contribution is 2.41. The number of hydrogen-bond donors (Lipinski definition) is 4. The normalized spacial score (nSPS) is 13.3. The summed E-state index contributed by atoms with van der Waals surface area (Å²) in [5.74, 6) is 1.96. The first kappa shape index (κ1) is 39.5. The number of nitrogens with two attached hydrogens (primary N) is 4. The van der Waals surface area contributed by atoms with Gasteiger partial charge in [0.25, 0.3) is 0 Å². The van der Waals surface area contributed by atoms with Crippen LogP contribution in [0.3, 0.4) is 0 Å². The third kappa shape index (κ3) is 6.37. The Kier molecular flexibility index (Phi) is 9.10. The second kappa shape index (κ2) is 13.8. The Bertz CT molecular complexity index is 2850. The molecule has 2 aliphatic heterocycles. The fraction of sp³-hybridized carbons (Fsp3) is 0.333. The van der Waals surface area contributed by atoms with Crippen molar-refractivity contribution in [2.45, 2.75) is 77.0 Å². The van der Waals surface area contributed by atoms with Gasteiger partial charge in [-0.25, -0.2) is 9.97 Å². The van der Waals surface area contributed by atoms with E-state index in [9.17, 15) is 0 Å². The molecule has 12 heteroatoms. The van der Waals surface area contributed by atoms with Gasteiger partial charge in [0.15, 0.2) is 0 Å². The van der Waals surface area contributed by atoms with Crippen molar-refractivity contribution in [3.8, 4) is 45.6 Å². The van der Waals surface area contributed by atoms with Crippen LogP contribution in [0.1, 0.15) is 77.6 Å². The molecule has 306 valence electrons. The molecule has 4 aromatic carbocycles. The van der Waals surface area contributed by atoms with Crippen LogP contribution >= 0.6 is 0 Å². The van der Waals surface area contributed by atoms with Crippen LogP contribution in [0.5, 0.6) is 0 Å². The summed E-state index contributed by atoms with van der Waals surface area (Å²) in [7, 11) is 0. The van der Waals surface area contributed by atoms with Crippen molar-refractivity contribution < 1.29 is 0 Å². The van der Waals surface area contributed by atoms with Crippen molar-refractivity contribution in [3.05, 3.63) is 95.1 Å². The van der Waals surface area contributed by atoms with Gasteiger partial charge >= 0.3 is 0 Å². The molecule has 3 aromatic heterocycles. The van der Waals surface area contributed by atoms with Crippen LogP contribution in [0.25, 0.3) is 89.7 Å². The van der Waals surface area contributed by atoms with Crippen molar-refractivity contribution in [2.24, 2.45) is 22.9 Å². The van der Waals surface area contributed by atoms with E-state index in [-0.39, 0.29) is 21.7 Å². The quantitative estimate of drug-likeness (QED) is 0.122. The Labute approximate surface area is 349 Å².